The second-order valence-corrected chi connectivity index (χ2v) is 7.53. The van der Waals surface area contributed by atoms with Gasteiger partial charge in [0.2, 0.25) is 5.91 Å². The van der Waals surface area contributed by atoms with Crippen LogP contribution in [-0.4, -0.2) is 42.0 Å². The zero-order chi connectivity index (χ0) is 13.0. The van der Waals surface area contributed by atoms with Crippen LogP contribution in [0.1, 0.15) is 38.5 Å². The number of carbonyl (C=O) groups excluding carboxylic acids is 1. The first-order chi connectivity index (χ1) is 9.14. The molecule has 2 N–H and O–H groups in total. The third kappa shape index (κ3) is 1.91. The van der Waals surface area contributed by atoms with Crippen molar-refractivity contribution in [1.29, 1.82) is 0 Å². The first kappa shape index (κ1) is 12.2. The topological polar surface area (TPSA) is 49.6 Å². The molecule has 1 aliphatic heterocycles. The number of nitrogens with zero attached hydrogens (tertiary/aromatic N) is 2. The summed E-state index contributed by atoms with van der Waals surface area (Å²) >= 11 is 0. The lowest BCUT2D eigenvalue weighted by Crippen LogP contribution is -2.58. The first-order valence-corrected chi connectivity index (χ1v) is 7.94. The SMILES string of the molecule is NN1CCN(C(=O)C23CC4CC(CC(C4)C2)C3)CC1. The van der Waals surface area contributed by atoms with Crippen molar-refractivity contribution in [3.63, 3.8) is 0 Å². The lowest BCUT2D eigenvalue weighted by atomic mass is 9.49. The number of carbonyl (C=O) groups is 1. The molecular weight excluding hydrogens is 238 g/mol. The van der Waals surface area contributed by atoms with Crippen molar-refractivity contribution in [2.45, 2.75) is 38.5 Å². The summed E-state index contributed by atoms with van der Waals surface area (Å²) in [6, 6.07) is 0. The summed E-state index contributed by atoms with van der Waals surface area (Å²) in [6.07, 6.45) is 7.76. The van der Waals surface area contributed by atoms with E-state index >= 15 is 0 Å². The Balaban J connectivity index is 1.53. The second-order valence-electron chi connectivity index (χ2n) is 7.53. The number of amides is 1. The molecule has 0 aromatic carbocycles. The van der Waals surface area contributed by atoms with Gasteiger partial charge in [-0.2, -0.15) is 0 Å². The van der Waals surface area contributed by atoms with Crippen molar-refractivity contribution in [3.05, 3.63) is 0 Å². The summed E-state index contributed by atoms with van der Waals surface area (Å²) in [5.74, 6) is 8.83. The molecule has 0 radical (unpaired) electrons. The van der Waals surface area contributed by atoms with Crippen molar-refractivity contribution in [2.24, 2.45) is 29.0 Å². The molecule has 4 saturated carbocycles. The number of piperazine rings is 1. The molecule has 5 rings (SSSR count). The fourth-order valence-electron chi connectivity index (χ4n) is 5.63. The molecule has 1 amide bonds. The Kier molecular flexibility index (Phi) is 2.68. The van der Waals surface area contributed by atoms with Crippen LogP contribution in [0.25, 0.3) is 0 Å². The molecule has 106 valence electrons. The molecule has 19 heavy (non-hydrogen) atoms. The molecule has 0 aromatic heterocycles. The van der Waals surface area contributed by atoms with Gasteiger partial charge in [0.1, 0.15) is 0 Å². The lowest BCUT2D eigenvalue weighted by Gasteiger charge is -2.57. The van der Waals surface area contributed by atoms with Crippen LogP contribution in [-0.2, 0) is 4.79 Å². The minimum atomic E-state index is 0.0333. The third-order valence-electron chi connectivity index (χ3n) is 6.09. The number of hydrazine groups is 1. The van der Waals surface area contributed by atoms with Gasteiger partial charge >= 0.3 is 0 Å². The van der Waals surface area contributed by atoms with Crippen LogP contribution in [0.5, 0.6) is 0 Å². The summed E-state index contributed by atoms with van der Waals surface area (Å²) in [5.41, 5.74) is 0.0333. The first-order valence-electron chi connectivity index (χ1n) is 7.94. The Morgan fingerprint density at radius 1 is 0.895 bits per heavy atom. The highest BCUT2D eigenvalue weighted by Crippen LogP contribution is 2.60. The van der Waals surface area contributed by atoms with Crippen LogP contribution in [0.4, 0.5) is 0 Å². The molecule has 4 nitrogen and oxygen atoms in total. The Morgan fingerprint density at radius 2 is 1.37 bits per heavy atom. The molecule has 0 spiro atoms. The van der Waals surface area contributed by atoms with E-state index in [4.69, 9.17) is 5.84 Å². The molecule has 0 unspecified atom stereocenters. The highest BCUT2D eigenvalue weighted by atomic mass is 16.2. The summed E-state index contributed by atoms with van der Waals surface area (Å²) in [7, 11) is 0. The van der Waals surface area contributed by atoms with Crippen LogP contribution in [0.2, 0.25) is 0 Å². The van der Waals surface area contributed by atoms with Gasteiger partial charge in [-0.3, -0.25) is 10.6 Å². The van der Waals surface area contributed by atoms with Gasteiger partial charge in [0.15, 0.2) is 0 Å². The van der Waals surface area contributed by atoms with E-state index in [9.17, 15) is 4.79 Å². The Labute approximate surface area is 115 Å². The quantitative estimate of drug-likeness (QED) is 0.724. The average molecular weight is 263 g/mol. The second kappa shape index (κ2) is 4.19. The molecule has 1 heterocycles. The smallest absolute Gasteiger partial charge is 0.228 e. The number of nitrogens with two attached hydrogens (primary N) is 1. The van der Waals surface area contributed by atoms with E-state index < -0.39 is 0 Å². The number of rotatable bonds is 1. The third-order valence-corrected chi connectivity index (χ3v) is 6.09. The molecule has 0 atom stereocenters. The van der Waals surface area contributed by atoms with Gasteiger partial charge in [-0.15, -0.1) is 0 Å². The summed E-state index contributed by atoms with van der Waals surface area (Å²) in [6.45, 7) is 3.32. The van der Waals surface area contributed by atoms with Gasteiger partial charge < -0.3 is 4.90 Å². The summed E-state index contributed by atoms with van der Waals surface area (Å²) in [5, 5.41) is 1.84. The molecule has 4 heteroatoms. The van der Waals surface area contributed by atoms with E-state index in [0.717, 1.165) is 43.9 Å². The fraction of sp³-hybridized carbons (Fsp3) is 0.933. The van der Waals surface area contributed by atoms with Crippen molar-refractivity contribution in [2.75, 3.05) is 26.2 Å². The van der Waals surface area contributed by atoms with Crippen molar-refractivity contribution in [1.82, 2.24) is 9.91 Å². The van der Waals surface area contributed by atoms with Gasteiger partial charge in [-0.1, -0.05) is 0 Å². The maximum Gasteiger partial charge on any atom is 0.228 e. The standard InChI is InChI=1S/C15H25N3O/c16-18-3-1-17(2-4-18)14(19)15-8-11-5-12(9-15)7-13(6-11)10-15/h11-13H,1-10,16H2. The van der Waals surface area contributed by atoms with Gasteiger partial charge in [-0.05, 0) is 56.3 Å². The van der Waals surface area contributed by atoms with E-state index in [-0.39, 0.29) is 5.41 Å². The van der Waals surface area contributed by atoms with E-state index in [1.54, 1.807) is 0 Å². The molecule has 5 fully saturated rings. The van der Waals surface area contributed by atoms with Gasteiger partial charge in [0, 0.05) is 26.2 Å². The molecule has 1 saturated heterocycles. The maximum atomic E-state index is 13.0. The highest BCUT2D eigenvalue weighted by molar-refractivity contribution is 5.83. The van der Waals surface area contributed by atoms with Crippen LogP contribution < -0.4 is 5.84 Å². The zero-order valence-electron chi connectivity index (χ0n) is 11.7. The largest absolute Gasteiger partial charge is 0.340 e. The van der Waals surface area contributed by atoms with Crippen molar-refractivity contribution < 1.29 is 4.79 Å². The monoisotopic (exact) mass is 263 g/mol. The van der Waals surface area contributed by atoms with Crippen LogP contribution in [0.15, 0.2) is 0 Å². The molecule has 5 aliphatic rings. The molecule has 4 bridgehead atoms. The summed E-state index contributed by atoms with van der Waals surface area (Å²) < 4.78 is 0. The predicted molar refractivity (Wildman–Crippen MR) is 72.9 cm³/mol. The van der Waals surface area contributed by atoms with Crippen molar-refractivity contribution >= 4 is 5.91 Å². The molecule has 0 aromatic rings. The maximum absolute atomic E-state index is 13.0. The Morgan fingerprint density at radius 3 is 1.84 bits per heavy atom. The Hall–Kier alpha value is -0.610. The van der Waals surface area contributed by atoms with Gasteiger partial charge in [-0.25, -0.2) is 5.01 Å². The average Bonchev–Trinajstić information content (AvgIpc) is 2.37. The minimum absolute atomic E-state index is 0.0333. The summed E-state index contributed by atoms with van der Waals surface area (Å²) in [4.78, 5) is 15.1. The van der Waals surface area contributed by atoms with E-state index in [1.165, 1.54) is 38.5 Å². The Bertz CT molecular complexity index is 352. The number of hydrogen-bond acceptors (Lipinski definition) is 3. The van der Waals surface area contributed by atoms with Crippen LogP contribution in [0, 0.1) is 23.2 Å². The van der Waals surface area contributed by atoms with Crippen LogP contribution >= 0.6 is 0 Å². The fourth-order valence-corrected chi connectivity index (χ4v) is 5.63. The van der Waals surface area contributed by atoms with Crippen LogP contribution in [0.3, 0.4) is 0 Å². The highest BCUT2D eigenvalue weighted by Gasteiger charge is 2.55. The van der Waals surface area contributed by atoms with E-state index in [0.29, 0.717) is 5.91 Å². The number of hydrogen-bond donors (Lipinski definition) is 1. The van der Waals surface area contributed by atoms with Gasteiger partial charge in [0.05, 0.1) is 5.41 Å². The minimum Gasteiger partial charge on any atom is -0.340 e. The predicted octanol–water partition coefficient (Wildman–Crippen LogP) is 1.22. The normalized spacial score (nSPS) is 45.7. The molecular formula is C15H25N3O. The van der Waals surface area contributed by atoms with Gasteiger partial charge in [0.25, 0.3) is 0 Å². The lowest BCUT2D eigenvalue weighted by molar-refractivity contribution is -0.159. The molecule has 4 aliphatic carbocycles. The van der Waals surface area contributed by atoms with E-state index in [1.807, 2.05) is 5.01 Å². The van der Waals surface area contributed by atoms with E-state index in [2.05, 4.69) is 4.90 Å². The van der Waals surface area contributed by atoms with Crippen molar-refractivity contribution in [3.8, 4) is 0 Å². The zero-order valence-corrected chi connectivity index (χ0v) is 11.7.